The van der Waals surface area contributed by atoms with Gasteiger partial charge in [-0.25, -0.2) is 8.78 Å². The summed E-state index contributed by atoms with van der Waals surface area (Å²) < 4.78 is 27.2. The number of hydrogen-bond donors (Lipinski definition) is 2. The van der Waals surface area contributed by atoms with Gasteiger partial charge < -0.3 is 10.4 Å². The number of aliphatic hydroxyl groups excluding tert-OH is 1. The van der Waals surface area contributed by atoms with Gasteiger partial charge in [-0.15, -0.1) is 0 Å². The number of carbonyl (C=O) groups excluding carboxylic acids is 1. The van der Waals surface area contributed by atoms with E-state index in [1.54, 1.807) is 0 Å². The van der Waals surface area contributed by atoms with Crippen molar-refractivity contribution in [1.82, 2.24) is 5.32 Å². The molecule has 20 heavy (non-hydrogen) atoms. The predicted molar refractivity (Wildman–Crippen MR) is 71.3 cm³/mol. The van der Waals surface area contributed by atoms with Crippen LogP contribution in [0.3, 0.4) is 0 Å². The lowest BCUT2D eigenvalue weighted by Crippen LogP contribution is -2.54. The monoisotopic (exact) mass is 283 g/mol. The average molecular weight is 283 g/mol. The molecule has 1 saturated carbocycles. The minimum absolute atomic E-state index is 0.223. The number of nitrogens with one attached hydrogen (secondary N) is 1. The molecule has 1 aromatic rings. The zero-order chi connectivity index (χ0) is 14.8. The average Bonchev–Trinajstić information content (AvgIpc) is 2.38. The smallest absolute Gasteiger partial charge is 0.257 e. The van der Waals surface area contributed by atoms with E-state index in [0.717, 1.165) is 25.0 Å². The second-order valence-corrected chi connectivity index (χ2v) is 5.69. The lowest BCUT2D eigenvalue weighted by Gasteiger charge is -2.39. The number of hydrogen-bond acceptors (Lipinski definition) is 2. The summed E-state index contributed by atoms with van der Waals surface area (Å²) in [5, 5.41) is 12.2. The largest absolute Gasteiger partial charge is 0.394 e. The molecule has 0 aliphatic heterocycles. The third kappa shape index (κ3) is 2.98. The van der Waals surface area contributed by atoms with Crippen LogP contribution in [0.4, 0.5) is 8.78 Å². The summed E-state index contributed by atoms with van der Waals surface area (Å²) in [6.07, 6.45) is 3.15. The molecule has 0 radical (unpaired) electrons. The first-order valence-electron chi connectivity index (χ1n) is 6.85. The molecule has 110 valence electrons. The van der Waals surface area contributed by atoms with Crippen molar-refractivity contribution in [3.8, 4) is 0 Å². The Balaban J connectivity index is 2.21. The van der Waals surface area contributed by atoms with E-state index in [2.05, 4.69) is 5.32 Å². The van der Waals surface area contributed by atoms with Gasteiger partial charge in [-0.2, -0.15) is 0 Å². The van der Waals surface area contributed by atoms with Gasteiger partial charge in [-0.3, -0.25) is 4.79 Å². The fourth-order valence-electron chi connectivity index (χ4n) is 2.97. The van der Waals surface area contributed by atoms with E-state index in [9.17, 15) is 18.7 Å². The normalized spacial score (nSPS) is 26.3. The lowest BCUT2D eigenvalue weighted by atomic mass is 9.76. The molecule has 0 aromatic heterocycles. The SMILES string of the molecule is CC1CCCC(CO)(NC(=O)c2c(F)cccc2F)C1. The van der Waals surface area contributed by atoms with Gasteiger partial charge in [0.15, 0.2) is 0 Å². The number of amides is 1. The highest BCUT2D eigenvalue weighted by Crippen LogP contribution is 2.32. The summed E-state index contributed by atoms with van der Waals surface area (Å²) in [5.41, 5.74) is -1.36. The minimum Gasteiger partial charge on any atom is -0.394 e. The molecule has 1 amide bonds. The van der Waals surface area contributed by atoms with E-state index in [-0.39, 0.29) is 6.61 Å². The van der Waals surface area contributed by atoms with E-state index < -0.39 is 28.6 Å². The highest BCUT2D eigenvalue weighted by molar-refractivity contribution is 5.95. The second-order valence-electron chi connectivity index (χ2n) is 5.69. The molecule has 0 spiro atoms. The van der Waals surface area contributed by atoms with E-state index in [1.807, 2.05) is 6.92 Å². The fourth-order valence-corrected chi connectivity index (χ4v) is 2.97. The van der Waals surface area contributed by atoms with E-state index in [0.29, 0.717) is 18.8 Å². The Morgan fingerprint density at radius 1 is 1.45 bits per heavy atom. The highest BCUT2D eigenvalue weighted by atomic mass is 19.1. The Hall–Kier alpha value is -1.49. The first-order chi connectivity index (χ1) is 9.47. The molecule has 2 atom stereocenters. The quantitative estimate of drug-likeness (QED) is 0.896. The third-order valence-corrected chi connectivity index (χ3v) is 3.96. The van der Waals surface area contributed by atoms with Crippen LogP contribution in [0, 0.1) is 17.6 Å². The molecule has 0 heterocycles. The van der Waals surface area contributed by atoms with E-state index >= 15 is 0 Å². The van der Waals surface area contributed by atoms with Crippen LogP contribution < -0.4 is 5.32 Å². The Labute approximate surface area is 117 Å². The molecule has 2 unspecified atom stereocenters. The molecular weight excluding hydrogens is 264 g/mol. The Kier molecular flexibility index (Phi) is 4.38. The minimum atomic E-state index is -0.889. The highest BCUT2D eigenvalue weighted by Gasteiger charge is 2.36. The maximum atomic E-state index is 13.6. The van der Waals surface area contributed by atoms with Crippen LogP contribution in [0.2, 0.25) is 0 Å². The van der Waals surface area contributed by atoms with Crippen LogP contribution in [-0.4, -0.2) is 23.2 Å². The van der Waals surface area contributed by atoms with Gasteiger partial charge in [0, 0.05) is 0 Å². The van der Waals surface area contributed by atoms with Gasteiger partial charge in [0.1, 0.15) is 17.2 Å². The molecule has 1 aliphatic carbocycles. The number of aliphatic hydroxyl groups is 1. The first kappa shape index (κ1) is 14.9. The molecule has 2 N–H and O–H groups in total. The molecular formula is C15H19F2NO2. The summed E-state index contributed by atoms with van der Waals surface area (Å²) >= 11 is 0. The summed E-state index contributed by atoms with van der Waals surface area (Å²) in [6, 6.07) is 3.31. The topological polar surface area (TPSA) is 49.3 Å². The van der Waals surface area contributed by atoms with Crippen LogP contribution in [0.25, 0.3) is 0 Å². The van der Waals surface area contributed by atoms with Crippen LogP contribution >= 0.6 is 0 Å². The van der Waals surface area contributed by atoms with Gasteiger partial charge in [0.05, 0.1) is 12.1 Å². The van der Waals surface area contributed by atoms with Crippen molar-refractivity contribution in [1.29, 1.82) is 0 Å². The number of benzene rings is 1. The van der Waals surface area contributed by atoms with Crippen molar-refractivity contribution >= 4 is 5.91 Å². The Bertz CT molecular complexity index is 486. The summed E-state index contributed by atoms with van der Waals surface area (Å²) in [5.74, 6) is -2.22. The van der Waals surface area contributed by atoms with Gasteiger partial charge in [-0.1, -0.05) is 25.8 Å². The molecule has 1 aromatic carbocycles. The maximum absolute atomic E-state index is 13.6. The van der Waals surface area contributed by atoms with Crippen molar-refractivity contribution in [3.05, 3.63) is 35.4 Å². The van der Waals surface area contributed by atoms with Crippen molar-refractivity contribution in [2.24, 2.45) is 5.92 Å². The summed E-state index contributed by atoms with van der Waals surface area (Å²) in [6.45, 7) is 1.82. The molecule has 1 fully saturated rings. The Morgan fingerprint density at radius 3 is 2.65 bits per heavy atom. The molecule has 5 heteroatoms. The fraction of sp³-hybridized carbons (Fsp3) is 0.533. The third-order valence-electron chi connectivity index (χ3n) is 3.96. The van der Waals surface area contributed by atoms with Crippen molar-refractivity contribution in [3.63, 3.8) is 0 Å². The summed E-state index contributed by atoms with van der Waals surface area (Å²) in [4.78, 5) is 12.1. The van der Waals surface area contributed by atoms with E-state index in [4.69, 9.17) is 0 Å². The van der Waals surface area contributed by atoms with E-state index in [1.165, 1.54) is 6.07 Å². The van der Waals surface area contributed by atoms with Gasteiger partial charge in [-0.05, 0) is 30.9 Å². The number of carbonyl (C=O) groups is 1. The van der Waals surface area contributed by atoms with Gasteiger partial charge in [0.2, 0.25) is 0 Å². The van der Waals surface area contributed by atoms with Gasteiger partial charge >= 0.3 is 0 Å². The van der Waals surface area contributed by atoms with Crippen molar-refractivity contribution in [2.75, 3.05) is 6.61 Å². The zero-order valence-electron chi connectivity index (χ0n) is 11.5. The number of halogens is 2. The zero-order valence-corrected chi connectivity index (χ0v) is 11.5. The predicted octanol–water partition coefficient (Wildman–Crippen LogP) is 2.64. The molecule has 2 rings (SSSR count). The van der Waals surface area contributed by atoms with Crippen LogP contribution in [0.1, 0.15) is 43.0 Å². The van der Waals surface area contributed by atoms with Gasteiger partial charge in [0.25, 0.3) is 5.91 Å². The molecule has 0 saturated heterocycles. The molecule has 3 nitrogen and oxygen atoms in total. The summed E-state index contributed by atoms with van der Waals surface area (Å²) in [7, 11) is 0. The van der Waals surface area contributed by atoms with Crippen molar-refractivity contribution in [2.45, 2.75) is 38.1 Å². The number of rotatable bonds is 3. The van der Waals surface area contributed by atoms with Crippen LogP contribution in [-0.2, 0) is 0 Å². The maximum Gasteiger partial charge on any atom is 0.257 e. The second kappa shape index (κ2) is 5.87. The molecule has 1 aliphatic rings. The Morgan fingerprint density at radius 2 is 2.10 bits per heavy atom. The first-order valence-corrected chi connectivity index (χ1v) is 6.85. The van der Waals surface area contributed by atoms with Crippen molar-refractivity contribution < 1.29 is 18.7 Å². The lowest BCUT2D eigenvalue weighted by molar-refractivity contribution is 0.0690. The van der Waals surface area contributed by atoms with Crippen LogP contribution in [0.5, 0.6) is 0 Å². The van der Waals surface area contributed by atoms with Crippen LogP contribution in [0.15, 0.2) is 18.2 Å². The molecule has 0 bridgehead atoms. The standard InChI is InChI=1S/C15H19F2NO2/c1-10-4-3-7-15(8-10,9-19)18-14(20)13-11(16)5-2-6-12(13)17/h2,5-6,10,19H,3-4,7-9H2,1H3,(H,18,20).